The molecule has 0 aromatic heterocycles. The number of amides is 1. The van der Waals surface area contributed by atoms with Gasteiger partial charge in [0, 0.05) is 26.1 Å². The molecule has 0 aliphatic carbocycles. The number of methoxy groups -OCH3 is 1. The number of ether oxygens (including phenoxy) is 1. The first kappa shape index (κ1) is 17.9. The fourth-order valence-electron chi connectivity index (χ4n) is 1.83. The summed E-state index contributed by atoms with van der Waals surface area (Å²) in [5.41, 5.74) is 0.410. The maximum atomic E-state index is 12.6. The smallest absolute Gasteiger partial charge is 0.243 e. The zero-order valence-corrected chi connectivity index (χ0v) is 13.5. The number of nitrogens with one attached hydrogen (secondary N) is 1. The topological polar surface area (TPSA) is 75.7 Å². The molecule has 0 bridgehead atoms. The van der Waals surface area contributed by atoms with E-state index in [-0.39, 0.29) is 29.6 Å². The first-order chi connectivity index (χ1) is 10.4. The van der Waals surface area contributed by atoms with E-state index in [1.807, 2.05) is 0 Å². The molecule has 0 atom stereocenters. The van der Waals surface area contributed by atoms with Crippen molar-refractivity contribution in [1.82, 2.24) is 4.31 Å². The number of sulfonamides is 1. The maximum Gasteiger partial charge on any atom is 0.243 e. The highest BCUT2D eigenvalue weighted by atomic mass is 32.2. The van der Waals surface area contributed by atoms with E-state index in [4.69, 9.17) is 4.74 Å². The molecule has 0 saturated carbocycles. The van der Waals surface area contributed by atoms with E-state index in [9.17, 15) is 13.2 Å². The Balaban J connectivity index is 3.27. The molecule has 0 aliphatic heterocycles. The minimum absolute atomic E-state index is 0.0714. The van der Waals surface area contributed by atoms with Crippen molar-refractivity contribution in [2.75, 3.05) is 25.5 Å². The zero-order chi connectivity index (χ0) is 16.8. The van der Waals surface area contributed by atoms with E-state index in [0.717, 1.165) is 0 Å². The van der Waals surface area contributed by atoms with E-state index in [0.29, 0.717) is 5.69 Å². The predicted molar refractivity (Wildman–Crippen MR) is 86.5 cm³/mol. The molecule has 1 amide bonds. The van der Waals surface area contributed by atoms with Crippen LogP contribution in [0.4, 0.5) is 5.69 Å². The van der Waals surface area contributed by atoms with Gasteiger partial charge in [0.2, 0.25) is 15.9 Å². The number of anilines is 1. The molecule has 0 unspecified atom stereocenters. The molecule has 120 valence electrons. The monoisotopic (exact) mass is 324 g/mol. The molecule has 22 heavy (non-hydrogen) atoms. The van der Waals surface area contributed by atoms with Crippen molar-refractivity contribution in [2.45, 2.75) is 11.8 Å². The molecular weight excluding hydrogens is 304 g/mol. The minimum atomic E-state index is -3.71. The Hall–Kier alpha value is -2.12. The van der Waals surface area contributed by atoms with Crippen molar-refractivity contribution in [2.24, 2.45) is 0 Å². The number of carbonyl (C=O) groups excluding carboxylic acids is 1. The number of carbonyl (C=O) groups is 1. The zero-order valence-electron chi connectivity index (χ0n) is 12.7. The molecule has 0 spiro atoms. The van der Waals surface area contributed by atoms with Gasteiger partial charge in [-0.25, -0.2) is 8.42 Å². The summed E-state index contributed by atoms with van der Waals surface area (Å²) in [6.45, 7) is 8.82. The summed E-state index contributed by atoms with van der Waals surface area (Å²) < 4.78 is 31.6. The van der Waals surface area contributed by atoms with Gasteiger partial charge in [0.15, 0.2) is 0 Å². The lowest BCUT2D eigenvalue weighted by Gasteiger charge is -2.20. The van der Waals surface area contributed by atoms with Crippen LogP contribution in [-0.4, -0.2) is 38.8 Å². The van der Waals surface area contributed by atoms with Crippen LogP contribution < -0.4 is 10.1 Å². The summed E-state index contributed by atoms with van der Waals surface area (Å²) in [5, 5.41) is 2.58. The van der Waals surface area contributed by atoms with Crippen molar-refractivity contribution in [3.63, 3.8) is 0 Å². The summed E-state index contributed by atoms with van der Waals surface area (Å²) in [5.74, 6) is 0.00211. The van der Waals surface area contributed by atoms with Crippen molar-refractivity contribution >= 4 is 21.6 Å². The summed E-state index contributed by atoms with van der Waals surface area (Å²) >= 11 is 0. The average molecular weight is 324 g/mol. The van der Waals surface area contributed by atoms with Crippen molar-refractivity contribution in [3.05, 3.63) is 43.5 Å². The van der Waals surface area contributed by atoms with Gasteiger partial charge < -0.3 is 10.1 Å². The summed E-state index contributed by atoms with van der Waals surface area (Å²) in [6, 6.07) is 4.29. The van der Waals surface area contributed by atoms with E-state index in [1.165, 1.54) is 48.7 Å². The van der Waals surface area contributed by atoms with E-state index < -0.39 is 10.0 Å². The van der Waals surface area contributed by atoms with Crippen LogP contribution in [-0.2, 0) is 14.8 Å². The molecule has 7 heteroatoms. The van der Waals surface area contributed by atoms with Gasteiger partial charge in [-0.1, -0.05) is 12.2 Å². The molecule has 0 heterocycles. The SMILES string of the molecule is C=CCN(CC=C)S(=O)(=O)c1ccc(NC(C)=O)c(OC)c1. The molecule has 1 aromatic rings. The number of hydrogen-bond donors (Lipinski definition) is 1. The van der Waals surface area contributed by atoms with Crippen LogP contribution in [0.1, 0.15) is 6.92 Å². The molecule has 1 N–H and O–H groups in total. The van der Waals surface area contributed by atoms with Gasteiger partial charge in [-0.15, -0.1) is 13.2 Å². The summed E-state index contributed by atoms with van der Waals surface area (Å²) in [7, 11) is -2.30. The van der Waals surface area contributed by atoms with Crippen LogP contribution in [0.15, 0.2) is 48.4 Å². The number of nitrogens with zero attached hydrogens (tertiary/aromatic N) is 1. The standard InChI is InChI=1S/C15H20N2O4S/c1-5-9-17(10-6-2)22(19,20)13-7-8-14(16-12(3)18)15(11-13)21-4/h5-8,11H,1-2,9-10H2,3-4H3,(H,16,18). The van der Waals surface area contributed by atoms with Crippen LogP contribution in [0, 0.1) is 0 Å². The highest BCUT2D eigenvalue weighted by Gasteiger charge is 2.23. The third kappa shape index (κ3) is 4.19. The van der Waals surface area contributed by atoms with E-state index in [1.54, 1.807) is 0 Å². The fraction of sp³-hybridized carbons (Fsp3) is 0.267. The van der Waals surface area contributed by atoms with Gasteiger partial charge in [0.05, 0.1) is 17.7 Å². The molecule has 0 aliphatic rings. The summed E-state index contributed by atoms with van der Waals surface area (Å²) in [6.07, 6.45) is 3.01. The van der Waals surface area contributed by atoms with Gasteiger partial charge in [0.25, 0.3) is 0 Å². The van der Waals surface area contributed by atoms with E-state index in [2.05, 4.69) is 18.5 Å². The van der Waals surface area contributed by atoms with Crippen molar-refractivity contribution in [1.29, 1.82) is 0 Å². The van der Waals surface area contributed by atoms with Crippen LogP contribution in [0.2, 0.25) is 0 Å². The predicted octanol–water partition coefficient (Wildman–Crippen LogP) is 2.02. The maximum absolute atomic E-state index is 12.6. The molecular formula is C15H20N2O4S. The van der Waals surface area contributed by atoms with Gasteiger partial charge in [0.1, 0.15) is 5.75 Å². The number of benzene rings is 1. The average Bonchev–Trinajstić information content (AvgIpc) is 2.46. The lowest BCUT2D eigenvalue weighted by molar-refractivity contribution is -0.114. The third-order valence-corrected chi connectivity index (χ3v) is 4.61. The van der Waals surface area contributed by atoms with Gasteiger partial charge in [-0.05, 0) is 12.1 Å². The van der Waals surface area contributed by atoms with Gasteiger partial charge in [-0.3, -0.25) is 4.79 Å². The Morgan fingerprint density at radius 1 is 1.32 bits per heavy atom. The Morgan fingerprint density at radius 3 is 2.36 bits per heavy atom. The van der Waals surface area contributed by atoms with Crippen LogP contribution >= 0.6 is 0 Å². The minimum Gasteiger partial charge on any atom is -0.495 e. The molecule has 0 fully saturated rings. The lowest BCUT2D eigenvalue weighted by Crippen LogP contribution is -2.31. The Bertz CT molecular complexity index is 658. The molecule has 1 aromatic carbocycles. The largest absolute Gasteiger partial charge is 0.495 e. The van der Waals surface area contributed by atoms with Crippen LogP contribution in [0.3, 0.4) is 0 Å². The Morgan fingerprint density at radius 2 is 1.91 bits per heavy atom. The highest BCUT2D eigenvalue weighted by molar-refractivity contribution is 7.89. The molecule has 6 nitrogen and oxygen atoms in total. The molecule has 0 radical (unpaired) electrons. The molecule has 1 rings (SSSR count). The second kappa shape index (κ2) is 7.77. The second-order valence-electron chi connectivity index (χ2n) is 4.44. The Labute approximate surface area is 131 Å². The second-order valence-corrected chi connectivity index (χ2v) is 6.38. The van der Waals surface area contributed by atoms with Crippen LogP contribution in [0.25, 0.3) is 0 Å². The fourth-order valence-corrected chi connectivity index (χ4v) is 3.23. The number of rotatable bonds is 8. The van der Waals surface area contributed by atoms with Crippen molar-refractivity contribution in [3.8, 4) is 5.75 Å². The third-order valence-electron chi connectivity index (χ3n) is 2.79. The summed E-state index contributed by atoms with van der Waals surface area (Å²) in [4.78, 5) is 11.2. The highest BCUT2D eigenvalue weighted by Crippen LogP contribution is 2.29. The molecule has 0 saturated heterocycles. The quantitative estimate of drug-likeness (QED) is 0.742. The first-order valence-electron chi connectivity index (χ1n) is 6.54. The normalized spacial score (nSPS) is 11.0. The van der Waals surface area contributed by atoms with Gasteiger partial charge in [-0.2, -0.15) is 4.31 Å². The van der Waals surface area contributed by atoms with Gasteiger partial charge >= 0.3 is 0 Å². The van der Waals surface area contributed by atoms with Crippen molar-refractivity contribution < 1.29 is 17.9 Å². The number of hydrogen-bond acceptors (Lipinski definition) is 4. The van der Waals surface area contributed by atoms with Crippen LogP contribution in [0.5, 0.6) is 5.75 Å². The Kier molecular flexibility index (Phi) is 6.33. The van der Waals surface area contributed by atoms with E-state index >= 15 is 0 Å². The lowest BCUT2D eigenvalue weighted by atomic mass is 10.3. The first-order valence-corrected chi connectivity index (χ1v) is 7.98.